The van der Waals surface area contributed by atoms with E-state index >= 15 is 0 Å². The molecule has 4 aromatic heterocycles. The van der Waals surface area contributed by atoms with E-state index in [1.165, 1.54) is 0 Å². The summed E-state index contributed by atoms with van der Waals surface area (Å²) in [6.07, 6.45) is 11.8. The van der Waals surface area contributed by atoms with Crippen LogP contribution in [0.3, 0.4) is 0 Å². The Morgan fingerprint density at radius 1 is 1.00 bits per heavy atom. The van der Waals surface area contributed by atoms with Crippen LogP contribution in [-0.2, 0) is 19.5 Å². The highest BCUT2D eigenvalue weighted by atomic mass is 16.1. The van der Waals surface area contributed by atoms with Gasteiger partial charge in [0.05, 0.1) is 6.54 Å². The molecule has 5 aromatic rings. The lowest BCUT2D eigenvalue weighted by atomic mass is 9.96. The van der Waals surface area contributed by atoms with Gasteiger partial charge in [0.1, 0.15) is 0 Å². The molecule has 178 valence electrons. The number of nitrogens with zero attached hydrogens (tertiary/aromatic N) is 8. The van der Waals surface area contributed by atoms with Crippen LogP contribution in [0.5, 0.6) is 0 Å². The monoisotopic (exact) mass is 469 g/mol. The number of aryl methyl sites for hydroxylation is 2. The lowest BCUT2D eigenvalue weighted by Crippen LogP contribution is -2.26. The van der Waals surface area contributed by atoms with Crippen molar-refractivity contribution in [2.24, 2.45) is 0 Å². The molecule has 0 spiro atoms. The zero-order chi connectivity index (χ0) is 24.2. The van der Waals surface area contributed by atoms with E-state index in [0.29, 0.717) is 18.3 Å². The predicted molar refractivity (Wildman–Crippen MR) is 132 cm³/mol. The Morgan fingerprint density at radius 2 is 1.86 bits per heavy atom. The fraction of sp³-hybridized carbons (Fsp3) is 0.280. The number of nitrogens with one attached hydrogen (secondary N) is 1. The fourth-order valence-electron chi connectivity index (χ4n) is 4.42. The number of H-pyrrole nitrogens is 1. The van der Waals surface area contributed by atoms with Gasteiger partial charge in [0.15, 0.2) is 5.82 Å². The molecular weight excluding hydrogens is 442 g/mol. The Bertz CT molecular complexity index is 1480. The Morgan fingerprint density at radius 3 is 2.63 bits per heavy atom. The highest BCUT2D eigenvalue weighted by Gasteiger charge is 2.18. The van der Waals surface area contributed by atoms with Crippen LogP contribution in [0.2, 0.25) is 0 Å². The first-order valence-corrected chi connectivity index (χ1v) is 11.8. The molecule has 0 saturated heterocycles. The van der Waals surface area contributed by atoms with Crippen LogP contribution in [0.1, 0.15) is 37.9 Å². The number of aromatic nitrogens is 9. The maximum atomic E-state index is 13.6. The second-order valence-electron chi connectivity index (χ2n) is 8.36. The van der Waals surface area contributed by atoms with Crippen molar-refractivity contribution >= 4 is 0 Å². The zero-order valence-corrected chi connectivity index (χ0v) is 19.8. The van der Waals surface area contributed by atoms with Crippen LogP contribution in [0.25, 0.3) is 28.5 Å². The molecule has 0 saturated carbocycles. The van der Waals surface area contributed by atoms with E-state index in [-0.39, 0.29) is 5.69 Å². The predicted octanol–water partition coefficient (Wildman–Crippen LogP) is 3.49. The van der Waals surface area contributed by atoms with Crippen molar-refractivity contribution in [3.63, 3.8) is 0 Å². The molecular formula is C25H27N9O. The first-order chi connectivity index (χ1) is 17.2. The Balaban J connectivity index is 1.60. The summed E-state index contributed by atoms with van der Waals surface area (Å²) in [5.41, 5.74) is 4.60. The van der Waals surface area contributed by atoms with Gasteiger partial charge in [0.2, 0.25) is 5.95 Å². The molecule has 0 aliphatic heterocycles. The highest BCUT2D eigenvalue weighted by Crippen LogP contribution is 2.32. The Labute approximate surface area is 202 Å². The molecule has 0 aliphatic rings. The van der Waals surface area contributed by atoms with E-state index in [4.69, 9.17) is 0 Å². The topological polar surface area (TPSA) is 112 Å². The van der Waals surface area contributed by atoms with Crippen molar-refractivity contribution < 1.29 is 0 Å². The van der Waals surface area contributed by atoms with Crippen LogP contribution in [0, 0.1) is 0 Å². The minimum atomic E-state index is -0.112. The fourth-order valence-corrected chi connectivity index (χ4v) is 4.42. The molecule has 1 aromatic carbocycles. The number of hydrogen-bond donors (Lipinski definition) is 1. The normalized spacial score (nSPS) is 11.3. The number of aromatic amines is 1. The quantitative estimate of drug-likeness (QED) is 0.354. The summed E-state index contributed by atoms with van der Waals surface area (Å²) in [7, 11) is 0. The van der Waals surface area contributed by atoms with Gasteiger partial charge in [-0.3, -0.25) is 9.55 Å². The molecule has 0 radical (unpaired) electrons. The summed E-state index contributed by atoms with van der Waals surface area (Å²) in [4.78, 5) is 22.5. The molecule has 10 nitrogen and oxygen atoms in total. The van der Waals surface area contributed by atoms with Gasteiger partial charge in [-0.1, -0.05) is 44.5 Å². The summed E-state index contributed by atoms with van der Waals surface area (Å²) in [5, 5.41) is 14.4. The molecule has 1 N–H and O–H groups in total. The number of hydrogen-bond acceptors (Lipinski definition) is 6. The molecule has 10 heteroatoms. The minimum absolute atomic E-state index is 0.112. The molecule has 0 unspecified atom stereocenters. The third-order valence-electron chi connectivity index (χ3n) is 5.99. The van der Waals surface area contributed by atoms with E-state index in [9.17, 15) is 4.79 Å². The molecule has 0 atom stereocenters. The van der Waals surface area contributed by atoms with E-state index in [1.54, 1.807) is 17.0 Å². The second-order valence-corrected chi connectivity index (χ2v) is 8.36. The minimum Gasteiger partial charge on any atom is -0.317 e. The van der Waals surface area contributed by atoms with Gasteiger partial charge in [0, 0.05) is 48.8 Å². The number of benzene rings is 1. The third kappa shape index (κ3) is 4.30. The van der Waals surface area contributed by atoms with Crippen LogP contribution in [0.4, 0.5) is 0 Å². The van der Waals surface area contributed by atoms with E-state index in [1.807, 2.05) is 58.1 Å². The van der Waals surface area contributed by atoms with Gasteiger partial charge >= 0.3 is 5.69 Å². The maximum absolute atomic E-state index is 13.6. The summed E-state index contributed by atoms with van der Waals surface area (Å²) < 4.78 is 5.50. The summed E-state index contributed by atoms with van der Waals surface area (Å²) >= 11 is 0. The number of imidazole rings is 2. The molecule has 35 heavy (non-hydrogen) atoms. The first-order valence-electron chi connectivity index (χ1n) is 11.8. The van der Waals surface area contributed by atoms with E-state index in [0.717, 1.165) is 53.8 Å². The highest BCUT2D eigenvalue weighted by molar-refractivity contribution is 5.81. The van der Waals surface area contributed by atoms with Crippen molar-refractivity contribution in [3.8, 4) is 28.5 Å². The number of rotatable bonds is 9. The summed E-state index contributed by atoms with van der Waals surface area (Å²) in [6, 6.07) is 9.89. The van der Waals surface area contributed by atoms with Crippen LogP contribution < -0.4 is 5.69 Å². The Kier molecular flexibility index (Phi) is 6.34. The average molecular weight is 470 g/mol. The van der Waals surface area contributed by atoms with Crippen LogP contribution >= 0.6 is 0 Å². The van der Waals surface area contributed by atoms with Crippen molar-refractivity contribution in [1.29, 1.82) is 0 Å². The molecule has 0 aliphatic carbocycles. The lowest BCUT2D eigenvalue weighted by molar-refractivity contribution is 0.638. The van der Waals surface area contributed by atoms with Gasteiger partial charge < -0.3 is 4.57 Å². The molecule has 0 bridgehead atoms. The second kappa shape index (κ2) is 9.88. The molecule has 4 heterocycles. The van der Waals surface area contributed by atoms with Crippen molar-refractivity contribution in [3.05, 3.63) is 83.1 Å². The van der Waals surface area contributed by atoms with Gasteiger partial charge in [-0.05, 0) is 46.0 Å². The van der Waals surface area contributed by atoms with Gasteiger partial charge in [0.25, 0.3) is 0 Å². The van der Waals surface area contributed by atoms with Crippen molar-refractivity contribution in [2.45, 2.75) is 46.2 Å². The Hall–Kier alpha value is -4.34. The van der Waals surface area contributed by atoms with Gasteiger partial charge in [-0.2, -0.15) is 0 Å². The van der Waals surface area contributed by atoms with E-state index < -0.39 is 0 Å². The van der Waals surface area contributed by atoms with Crippen LogP contribution in [0.15, 0.2) is 66.1 Å². The van der Waals surface area contributed by atoms with Gasteiger partial charge in [-0.15, -0.1) is 5.10 Å². The van der Waals surface area contributed by atoms with Crippen LogP contribution in [-0.4, -0.2) is 44.3 Å². The lowest BCUT2D eigenvalue weighted by Gasteiger charge is -2.14. The maximum Gasteiger partial charge on any atom is 0.335 e. The molecule has 0 fully saturated rings. The number of tetrazole rings is 1. The average Bonchev–Trinajstić information content (AvgIpc) is 3.63. The molecule has 0 amide bonds. The molecule has 5 rings (SSSR count). The summed E-state index contributed by atoms with van der Waals surface area (Å²) in [6.45, 7) is 5.41. The van der Waals surface area contributed by atoms with Gasteiger partial charge in [-0.25, -0.2) is 19.4 Å². The smallest absolute Gasteiger partial charge is 0.317 e. The number of pyridine rings is 1. The van der Waals surface area contributed by atoms with Crippen molar-refractivity contribution in [1.82, 2.24) is 44.3 Å². The van der Waals surface area contributed by atoms with Crippen molar-refractivity contribution in [2.75, 3.05) is 0 Å². The summed E-state index contributed by atoms with van der Waals surface area (Å²) in [5.74, 6) is 1.23. The van der Waals surface area contributed by atoms with E-state index in [2.05, 4.69) is 44.4 Å². The third-order valence-corrected chi connectivity index (χ3v) is 5.99. The largest absolute Gasteiger partial charge is 0.335 e. The SMILES string of the molecule is CCCc1cn(-c2nccn2CCC)c(=O)n1Cc1cnccc1-c1ccccc1-c1nnn[nH]1. The standard InChI is InChI=1S/C25H27N9O/c1-3-7-19-17-34(24-27-12-14-32(24)13-4-2)25(35)33(19)16-18-15-26-11-10-20(18)21-8-5-6-9-22(21)23-28-30-31-29-23/h5-6,8-12,14-15,17H,3-4,7,13,16H2,1-2H3,(H,28,29,30,31). The first kappa shape index (κ1) is 22.5. The zero-order valence-electron chi connectivity index (χ0n) is 19.8.